The molecule has 1 aromatic rings. The molecular formula is C12H20N4O. The van der Waals surface area contributed by atoms with Gasteiger partial charge in [0, 0.05) is 19.6 Å². The van der Waals surface area contributed by atoms with Crippen molar-refractivity contribution in [2.75, 3.05) is 33.0 Å². The Labute approximate surface area is 102 Å². The first-order valence-electron chi connectivity index (χ1n) is 5.62. The van der Waals surface area contributed by atoms with Crippen molar-refractivity contribution >= 4 is 11.6 Å². The molecule has 0 radical (unpaired) electrons. The fourth-order valence-electron chi connectivity index (χ4n) is 1.57. The van der Waals surface area contributed by atoms with Crippen molar-refractivity contribution in [1.29, 1.82) is 0 Å². The number of hydrogen-bond donors (Lipinski definition) is 2. The molecule has 1 heterocycles. The van der Waals surface area contributed by atoms with Crippen LogP contribution in [0.4, 0.5) is 5.69 Å². The Hall–Kier alpha value is -1.62. The van der Waals surface area contributed by atoms with Gasteiger partial charge in [0.15, 0.2) is 0 Å². The molecular weight excluding hydrogens is 216 g/mol. The molecule has 0 fully saturated rings. The van der Waals surface area contributed by atoms with E-state index in [2.05, 4.69) is 15.6 Å². The number of carbonyl (C=O) groups excluding carboxylic acids is 1. The highest BCUT2D eigenvalue weighted by atomic mass is 16.1. The Morgan fingerprint density at radius 2 is 2.18 bits per heavy atom. The molecule has 17 heavy (non-hydrogen) atoms. The Balaban J connectivity index is 2.57. The maximum atomic E-state index is 11.8. The predicted octanol–water partition coefficient (Wildman–Crippen LogP) is 0.803. The van der Waals surface area contributed by atoms with E-state index in [1.807, 2.05) is 39.0 Å². The zero-order valence-corrected chi connectivity index (χ0v) is 10.8. The Kier molecular flexibility index (Phi) is 4.90. The second-order valence-electron chi connectivity index (χ2n) is 4.32. The number of nitrogens with zero attached hydrogens (tertiary/aromatic N) is 2. The molecule has 0 aromatic carbocycles. The van der Waals surface area contributed by atoms with Crippen molar-refractivity contribution in [2.24, 2.45) is 0 Å². The molecule has 0 aliphatic heterocycles. The van der Waals surface area contributed by atoms with Crippen LogP contribution < -0.4 is 10.6 Å². The standard InChI is InChI=1S/C12H20N4O/c1-9(8-16(3)4)15-12(17)11-6-5-10(13-2)7-14-11/h5-7,9,13H,8H2,1-4H3,(H,15,17). The lowest BCUT2D eigenvalue weighted by molar-refractivity contribution is 0.0929. The normalized spacial score (nSPS) is 12.3. The highest BCUT2D eigenvalue weighted by molar-refractivity contribution is 5.92. The van der Waals surface area contributed by atoms with Crippen molar-refractivity contribution in [1.82, 2.24) is 15.2 Å². The highest BCUT2D eigenvalue weighted by Crippen LogP contribution is 2.04. The van der Waals surface area contributed by atoms with Crippen LogP contribution in [0, 0.1) is 0 Å². The van der Waals surface area contributed by atoms with Gasteiger partial charge >= 0.3 is 0 Å². The zero-order chi connectivity index (χ0) is 12.8. The maximum Gasteiger partial charge on any atom is 0.270 e. The lowest BCUT2D eigenvalue weighted by atomic mass is 10.2. The van der Waals surface area contributed by atoms with Crippen LogP contribution >= 0.6 is 0 Å². The molecule has 1 unspecified atom stereocenters. The summed E-state index contributed by atoms with van der Waals surface area (Å²) in [6.45, 7) is 2.78. The number of aromatic nitrogens is 1. The SMILES string of the molecule is CNc1ccc(C(=O)NC(C)CN(C)C)nc1. The molecule has 1 amide bonds. The van der Waals surface area contributed by atoms with Gasteiger partial charge < -0.3 is 15.5 Å². The van der Waals surface area contributed by atoms with Crippen molar-refractivity contribution in [3.05, 3.63) is 24.0 Å². The quantitative estimate of drug-likeness (QED) is 0.794. The number of amides is 1. The summed E-state index contributed by atoms with van der Waals surface area (Å²) in [6.07, 6.45) is 1.64. The maximum absolute atomic E-state index is 11.8. The van der Waals surface area contributed by atoms with Gasteiger partial charge in [0.2, 0.25) is 0 Å². The number of rotatable bonds is 5. The summed E-state index contributed by atoms with van der Waals surface area (Å²) < 4.78 is 0. The van der Waals surface area contributed by atoms with Crippen LogP contribution in [0.5, 0.6) is 0 Å². The smallest absolute Gasteiger partial charge is 0.270 e. The first-order valence-corrected chi connectivity index (χ1v) is 5.62. The van der Waals surface area contributed by atoms with Gasteiger partial charge in [-0.15, -0.1) is 0 Å². The number of pyridine rings is 1. The molecule has 1 rings (SSSR count). The van der Waals surface area contributed by atoms with Crippen LogP contribution in [0.15, 0.2) is 18.3 Å². The van der Waals surface area contributed by atoms with Gasteiger partial charge in [-0.3, -0.25) is 4.79 Å². The Bertz CT molecular complexity index is 361. The van der Waals surface area contributed by atoms with Crippen LogP contribution in [-0.2, 0) is 0 Å². The third kappa shape index (κ3) is 4.40. The lowest BCUT2D eigenvalue weighted by Gasteiger charge is -2.18. The van der Waals surface area contributed by atoms with Crippen molar-refractivity contribution < 1.29 is 4.79 Å². The third-order valence-electron chi connectivity index (χ3n) is 2.30. The zero-order valence-electron chi connectivity index (χ0n) is 10.8. The molecule has 0 aliphatic rings. The van der Waals surface area contributed by atoms with E-state index in [9.17, 15) is 4.79 Å². The van der Waals surface area contributed by atoms with Gasteiger partial charge in [0.05, 0.1) is 11.9 Å². The Morgan fingerprint density at radius 3 is 2.65 bits per heavy atom. The number of anilines is 1. The van der Waals surface area contributed by atoms with E-state index < -0.39 is 0 Å². The molecule has 94 valence electrons. The number of likely N-dealkylation sites (N-methyl/N-ethyl adjacent to an activating group) is 1. The minimum Gasteiger partial charge on any atom is -0.387 e. The van der Waals surface area contributed by atoms with Gasteiger partial charge in [0.25, 0.3) is 5.91 Å². The van der Waals surface area contributed by atoms with Gasteiger partial charge in [-0.25, -0.2) is 4.98 Å². The van der Waals surface area contributed by atoms with Crippen LogP contribution in [0.3, 0.4) is 0 Å². The van der Waals surface area contributed by atoms with Crippen molar-refractivity contribution in [2.45, 2.75) is 13.0 Å². The van der Waals surface area contributed by atoms with E-state index in [1.165, 1.54) is 0 Å². The summed E-state index contributed by atoms with van der Waals surface area (Å²) in [5.41, 5.74) is 1.33. The molecule has 0 saturated carbocycles. The average Bonchev–Trinajstić information content (AvgIpc) is 2.28. The third-order valence-corrected chi connectivity index (χ3v) is 2.30. The van der Waals surface area contributed by atoms with E-state index in [0.29, 0.717) is 5.69 Å². The molecule has 5 heteroatoms. The van der Waals surface area contributed by atoms with Gasteiger partial charge in [-0.1, -0.05) is 0 Å². The van der Waals surface area contributed by atoms with Gasteiger partial charge in [0.1, 0.15) is 5.69 Å². The van der Waals surface area contributed by atoms with Crippen LogP contribution in [0.2, 0.25) is 0 Å². The molecule has 1 aromatic heterocycles. The van der Waals surface area contributed by atoms with Crippen LogP contribution in [-0.4, -0.2) is 49.5 Å². The second-order valence-corrected chi connectivity index (χ2v) is 4.32. The number of carbonyl (C=O) groups is 1. The fourth-order valence-corrected chi connectivity index (χ4v) is 1.57. The molecule has 1 atom stereocenters. The molecule has 0 saturated heterocycles. The van der Waals surface area contributed by atoms with E-state index in [1.54, 1.807) is 12.3 Å². The molecule has 2 N–H and O–H groups in total. The highest BCUT2D eigenvalue weighted by Gasteiger charge is 2.11. The molecule has 0 aliphatic carbocycles. The first-order chi connectivity index (χ1) is 8.02. The average molecular weight is 236 g/mol. The number of nitrogens with one attached hydrogen (secondary N) is 2. The first kappa shape index (κ1) is 13.4. The van der Waals surface area contributed by atoms with E-state index >= 15 is 0 Å². The van der Waals surface area contributed by atoms with E-state index in [4.69, 9.17) is 0 Å². The second kappa shape index (κ2) is 6.20. The summed E-state index contributed by atoms with van der Waals surface area (Å²) in [6, 6.07) is 3.64. The molecule has 5 nitrogen and oxygen atoms in total. The summed E-state index contributed by atoms with van der Waals surface area (Å²) in [5.74, 6) is -0.137. The van der Waals surface area contributed by atoms with Crippen LogP contribution in [0.1, 0.15) is 17.4 Å². The minimum atomic E-state index is -0.137. The summed E-state index contributed by atoms with van der Waals surface area (Å²) in [7, 11) is 5.77. The lowest BCUT2D eigenvalue weighted by Crippen LogP contribution is -2.39. The number of hydrogen-bond acceptors (Lipinski definition) is 4. The van der Waals surface area contributed by atoms with Crippen molar-refractivity contribution in [3.8, 4) is 0 Å². The molecule has 0 bridgehead atoms. The summed E-state index contributed by atoms with van der Waals surface area (Å²) in [4.78, 5) is 17.9. The molecule has 0 spiro atoms. The van der Waals surface area contributed by atoms with Gasteiger partial charge in [-0.2, -0.15) is 0 Å². The van der Waals surface area contributed by atoms with Gasteiger partial charge in [-0.05, 0) is 33.2 Å². The Morgan fingerprint density at radius 1 is 1.47 bits per heavy atom. The largest absolute Gasteiger partial charge is 0.387 e. The van der Waals surface area contributed by atoms with E-state index in [-0.39, 0.29) is 11.9 Å². The van der Waals surface area contributed by atoms with E-state index in [0.717, 1.165) is 12.2 Å². The predicted molar refractivity (Wildman–Crippen MR) is 69.3 cm³/mol. The minimum absolute atomic E-state index is 0.100. The fraction of sp³-hybridized carbons (Fsp3) is 0.500. The topological polar surface area (TPSA) is 57.3 Å². The summed E-state index contributed by atoms with van der Waals surface area (Å²) >= 11 is 0. The van der Waals surface area contributed by atoms with Crippen molar-refractivity contribution in [3.63, 3.8) is 0 Å². The summed E-state index contributed by atoms with van der Waals surface area (Å²) in [5, 5.41) is 5.86. The monoisotopic (exact) mass is 236 g/mol. The van der Waals surface area contributed by atoms with Crippen LogP contribution in [0.25, 0.3) is 0 Å².